The van der Waals surface area contributed by atoms with Gasteiger partial charge >= 0.3 is 0 Å². The Morgan fingerprint density at radius 2 is 1.95 bits per heavy atom. The first-order chi connectivity index (χ1) is 18.1. The van der Waals surface area contributed by atoms with Gasteiger partial charge in [-0.15, -0.1) is 0 Å². The number of carbonyl (C=O) groups excluding carboxylic acids is 2. The van der Waals surface area contributed by atoms with E-state index < -0.39 is 17.7 Å². The Bertz CT molecular complexity index is 1150. The van der Waals surface area contributed by atoms with Gasteiger partial charge < -0.3 is 26.2 Å². The Morgan fingerprint density at radius 3 is 2.66 bits per heavy atom. The summed E-state index contributed by atoms with van der Waals surface area (Å²) >= 11 is 0. The largest absolute Gasteiger partial charge is 0.391 e. The zero-order chi connectivity index (χ0) is 27.4. The van der Waals surface area contributed by atoms with Gasteiger partial charge in [0.15, 0.2) is 0 Å². The van der Waals surface area contributed by atoms with Crippen LogP contribution in [0.1, 0.15) is 56.6 Å². The summed E-state index contributed by atoms with van der Waals surface area (Å²) in [6.07, 6.45) is 2.44. The predicted molar refractivity (Wildman–Crippen MR) is 144 cm³/mol. The fourth-order valence-corrected chi connectivity index (χ4v) is 6.20. The van der Waals surface area contributed by atoms with Crippen LogP contribution in [0, 0.1) is 24.6 Å². The van der Waals surface area contributed by atoms with E-state index in [4.69, 9.17) is 5.73 Å². The summed E-state index contributed by atoms with van der Waals surface area (Å²) in [4.78, 5) is 26.6. The Hall–Kier alpha value is -2.81. The maximum absolute atomic E-state index is 15.1. The molecule has 0 bridgehead atoms. The standard InChI is InChI=1S/C30H40FN3O4/c1-19-10-11-26(31)24(15-19)23-8-3-4-9-25(23)30(38,12-6-13-33-20(2)35)22-7-5-14-34(18-22)29(37)21-16-27(32)28(36)17-21/h3-4,8-11,15,21-22,27-28,36,38H,5-7,12-14,16-18,32H2,1-2H3,(H,33,35)/t21-,22?,27+,28-,30-/m0/s1. The van der Waals surface area contributed by atoms with Crippen LogP contribution in [0.4, 0.5) is 4.39 Å². The van der Waals surface area contributed by atoms with Crippen molar-refractivity contribution in [3.05, 3.63) is 59.4 Å². The van der Waals surface area contributed by atoms with E-state index in [0.29, 0.717) is 68.4 Å². The molecule has 5 N–H and O–H groups in total. The van der Waals surface area contributed by atoms with Gasteiger partial charge in [-0.2, -0.15) is 0 Å². The summed E-state index contributed by atoms with van der Waals surface area (Å²) in [6.45, 7) is 4.72. The Kier molecular flexibility index (Phi) is 8.85. The molecule has 2 fully saturated rings. The second-order valence-corrected chi connectivity index (χ2v) is 11.1. The average Bonchev–Trinajstić information content (AvgIpc) is 3.25. The summed E-state index contributed by atoms with van der Waals surface area (Å²) in [5.41, 5.74) is 7.22. The number of aliphatic hydroxyl groups excluding tert-OH is 1. The molecule has 1 unspecified atom stereocenters. The molecule has 38 heavy (non-hydrogen) atoms. The average molecular weight is 526 g/mol. The summed E-state index contributed by atoms with van der Waals surface area (Å²) in [7, 11) is 0. The Morgan fingerprint density at radius 1 is 1.18 bits per heavy atom. The van der Waals surface area contributed by atoms with Crippen molar-refractivity contribution < 1.29 is 24.2 Å². The van der Waals surface area contributed by atoms with E-state index in [-0.39, 0.29) is 29.5 Å². The lowest BCUT2D eigenvalue weighted by atomic mass is 9.72. The molecule has 2 aromatic carbocycles. The highest BCUT2D eigenvalue weighted by Crippen LogP contribution is 2.44. The molecule has 0 spiro atoms. The number of nitrogens with one attached hydrogen (secondary N) is 1. The highest BCUT2D eigenvalue weighted by Gasteiger charge is 2.44. The number of carbonyl (C=O) groups is 2. The van der Waals surface area contributed by atoms with Crippen LogP contribution in [-0.2, 0) is 15.2 Å². The van der Waals surface area contributed by atoms with E-state index in [1.165, 1.54) is 13.0 Å². The van der Waals surface area contributed by atoms with Gasteiger partial charge in [-0.1, -0.05) is 35.9 Å². The first-order valence-electron chi connectivity index (χ1n) is 13.7. The third kappa shape index (κ3) is 6.08. The molecule has 0 radical (unpaired) electrons. The van der Waals surface area contributed by atoms with Crippen molar-refractivity contribution in [2.45, 2.75) is 70.1 Å². The van der Waals surface area contributed by atoms with E-state index in [2.05, 4.69) is 5.32 Å². The lowest BCUT2D eigenvalue weighted by Crippen LogP contribution is -2.49. The van der Waals surface area contributed by atoms with Crippen LogP contribution >= 0.6 is 0 Å². The molecule has 2 aliphatic rings. The lowest BCUT2D eigenvalue weighted by molar-refractivity contribution is -0.141. The van der Waals surface area contributed by atoms with Crippen LogP contribution in [-0.4, -0.2) is 58.7 Å². The molecule has 0 aromatic heterocycles. The molecule has 206 valence electrons. The maximum atomic E-state index is 15.1. The third-order valence-electron chi connectivity index (χ3n) is 8.25. The minimum atomic E-state index is -1.35. The Labute approximate surface area is 224 Å². The van der Waals surface area contributed by atoms with Crippen molar-refractivity contribution in [2.75, 3.05) is 19.6 Å². The molecule has 1 saturated heterocycles. The van der Waals surface area contributed by atoms with Crippen molar-refractivity contribution in [1.29, 1.82) is 0 Å². The SMILES string of the molecule is CC(=O)NCCC[C@@](O)(c1ccccc1-c1cc(C)ccc1F)C1CCCN(C(=O)[C@H]2C[C@@H](N)[C@@H](O)C2)C1. The molecule has 1 heterocycles. The van der Waals surface area contributed by atoms with Crippen LogP contribution < -0.4 is 11.1 Å². The number of likely N-dealkylation sites (tertiary alicyclic amines) is 1. The highest BCUT2D eigenvalue weighted by molar-refractivity contribution is 5.79. The number of piperidine rings is 1. The number of aryl methyl sites for hydroxylation is 1. The highest BCUT2D eigenvalue weighted by atomic mass is 19.1. The molecule has 1 saturated carbocycles. The van der Waals surface area contributed by atoms with Gasteiger partial charge in [-0.25, -0.2) is 4.39 Å². The number of rotatable bonds is 8. The molecule has 1 aliphatic heterocycles. The molecule has 4 rings (SSSR count). The van der Waals surface area contributed by atoms with Gasteiger partial charge in [-0.3, -0.25) is 9.59 Å². The summed E-state index contributed by atoms with van der Waals surface area (Å²) in [5, 5.41) is 25.4. The van der Waals surface area contributed by atoms with Crippen LogP contribution in [0.3, 0.4) is 0 Å². The fourth-order valence-electron chi connectivity index (χ4n) is 6.20. The Balaban J connectivity index is 1.67. The van der Waals surface area contributed by atoms with Gasteiger partial charge in [-0.05, 0) is 68.7 Å². The molecular formula is C30H40FN3O4. The summed E-state index contributed by atoms with van der Waals surface area (Å²) in [5.74, 6) is -1.13. The van der Waals surface area contributed by atoms with Crippen molar-refractivity contribution >= 4 is 11.8 Å². The molecule has 5 atom stereocenters. The number of halogens is 1. The second-order valence-electron chi connectivity index (χ2n) is 11.1. The number of nitrogens with zero attached hydrogens (tertiary/aromatic N) is 1. The molecule has 2 amide bonds. The monoisotopic (exact) mass is 525 g/mol. The van der Waals surface area contributed by atoms with Gasteiger partial charge in [0.25, 0.3) is 0 Å². The smallest absolute Gasteiger partial charge is 0.225 e. The van der Waals surface area contributed by atoms with Gasteiger partial charge in [0.2, 0.25) is 11.8 Å². The van der Waals surface area contributed by atoms with Crippen molar-refractivity contribution in [3.63, 3.8) is 0 Å². The normalized spacial score (nSPS) is 25.2. The topological polar surface area (TPSA) is 116 Å². The van der Waals surface area contributed by atoms with Gasteiger partial charge in [0.1, 0.15) is 5.82 Å². The number of benzene rings is 2. The molecular weight excluding hydrogens is 485 g/mol. The molecule has 8 heteroatoms. The zero-order valence-electron chi connectivity index (χ0n) is 22.3. The van der Waals surface area contributed by atoms with E-state index in [1.807, 2.05) is 31.2 Å². The molecule has 2 aromatic rings. The number of aliphatic hydroxyl groups is 2. The minimum Gasteiger partial charge on any atom is -0.391 e. The van der Waals surface area contributed by atoms with E-state index >= 15 is 4.39 Å². The number of amides is 2. The fraction of sp³-hybridized carbons (Fsp3) is 0.533. The van der Waals surface area contributed by atoms with Crippen LogP contribution in [0.25, 0.3) is 11.1 Å². The van der Waals surface area contributed by atoms with Crippen LogP contribution in [0.2, 0.25) is 0 Å². The summed E-state index contributed by atoms with van der Waals surface area (Å²) < 4.78 is 15.1. The van der Waals surface area contributed by atoms with Crippen molar-refractivity contribution in [2.24, 2.45) is 17.6 Å². The van der Waals surface area contributed by atoms with Crippen LogP contribution in [0.15, 0.2) is 42.5 Å². The maximum Gasteiger partial charge on any atom is 0.225 e. The minimum absolute atomic E-state index is 0.0275. The molecule has 7 nitrogen and oxygen atoms in total. The predicted octanol–water partition coefficient (Wildman–Crippen LogP) is 3.24. The van der Waals surface area contributed by atoms with E-state index in [0.717, 1.165) is 12.0 Å². The lowest BCUT2D eigenvalue weighted by Gasteiger charge is -2.44. The summed E-state index contributed by atoms with van der Waals surface area (Å²) in [6, 6.07) is 11.9. The zero-order valence-corrected chi connectivity index (χ0v) is 22.3. The van der Waals surface area contributed by atoms with Crippen molar-refractivity contribution in [3.8, 4) is 11.1 Å². The van der Waals surface area contributed by atoms with Crippen molar-refractivity contribution in [1.82, 2.24) is 10.2 Å². The van der Waals surface area contributed by atoms with Gasteiger partial charge in [0.05, 0.1) is 11.7 Å². The first kappa shape index (κ1) is 28.2. The van der Waals surface area contributed by atoms with E-state index in [9.17, 15) is 19.8 Å². The van der Waals surface area contributed by atoms with Gasteiger partial charge in [0, 0.05) is 50.0 Å². The van der Waals surface area contributed by atoms with Crippen LogP contribution in [0.5, 0.6) is 0 Å². The first-order valence-corrected chi connectivity index (χ1v) is 13.7. The second kappa shape index (κ2) is 11.9. The third-order valence-corrected chi connectivity index (χ3v) is 8.25. The molecule has 1 aliphatic carbocycles. The number of hydrogen-bond acceptors (Lipinski definition) is 5. The quantitative estimate of drug-likeness (QED) is 0.395. The van der Waals surface area contributed by atoms with E-state index in [1.54, 1.807) is 17.0 Å². The number of nitrogens with two attached hydrogens (primary N) is 1. The number of hydrogen-bond donors (Lipinski definition) is 4.